The molecule has 1 aliphatic rings. The van der Waals surface area contributed by atoms with Gasteiger partial charge in [0.25, 0.3) is 0 Å². The van der Waals surface area contributed by atoms with E-state index < -0.39 is 0 Å². The average molecular weight is 361 g/mol. The third-order valence-corrected chi connectivity index (χ3v) is 5.60. The van der Waals surface area contributed by atoms with Crippen molar-refractivity contribution in [1.82, 2.24) is 9.55 Å². The Labute approximate surface area is 160 Å². The summed E-state index contributed by atoms with van der Waals surface area (Å²) >= 11 is 0. The van der Waals surface area contributed by atoms with Crippen LogP contribution in [0.4, 0.5) is 5.69 Å². The van der Waals surface area contributed by atoms with Crippen LogP contribution in [0.3, 0.4) is 0 Å². The zero-order valence-electron chi connectivity index (χ0n) is 15.9. The molecule has 0 saturated heterocycles. The quantitative estimate of drug-likeness (QED) is 0.671. The highest BCUT2D eigenvalue weighted by Gasteiger charge is 2.23. The van der Waals surface area contributed by atoms with Crippen LogP contribution in [-0.2, 0) is 17.8 Å². The highest BCUT2D eigenvalue weighted by molar-refractivity contribution is 5.91. The van der Waals surface area contributed by atoms with Gasteiger partial charge in [-0.3, -0.25) is 4.79 Å². The van der Waals surface area contributed by atoms with E-state index >= 15 is 0 Å². The van der Waals surface area contributed by atoms with E-state index in [1.54, 1.807) is 0 Å². The normalized spacial score (nSPS) is 15.1. The smallest absolute Gasteiger partial charge is 0.244 e. The summed E-state index contributed by atoms with van der Waals surface area (Å²) in [6.45, 7) is 2.44. The summed E-state index contributed by atoms with van der Waals surface area (Å²) < 4.78 is 2.13. The lowest BCUT2D eigenvalue weighted by molar-refractivity contribution is -0.116. The van der Waals surface area contributed by atoms with Crippen molar-refractivity contribution < 1.29 is 4.79 Å². The first-order chi connectivity index (χ1) is 13.2. The summed E-state index contributed by atoms with van der Waals surface area (Å²) in [5.41, 5.74) is 4.15. The molecule has 1 N–H and O–H groups in total. The van der Waals surface area contributed by atoms with Crippen LogP contribution in [-0.4, -0.2) is 15.5 Å². The van der Waals surface area contributed by atoms with E-state index in [0.717, 1.165) is 29.0 Å². The second-order valence-electron chi connectivity index (χ2n) is 7.48. The SMILES string of the molecule is CCc1ccc(NC(=O)Cn2c(C3CCCCC3)nc3ccccc32)cc1. The minimum absolute atomic E-state index is 0.000499. The van der Waals surface area contributed by atoms with Crippen LogP contribution in [0.2, 0.25) is 0 Å². The number of anilines is 1. The van der Waals surface area contributed by atoms with Crippen LogP contribution < -0.4 is 5.32 Å². The molecule has 0 unspecified atom stereocenters. The molecule has 27 heavy (non-hydrogen) atoms. The summed E-state index contributed by atoms with van der Waals surface area (Å²) in [6, 6.07) is 16.2. The molecule has 2 aromatic carbocycles. The van der Waals surface area contributed by atoms with Gasteiger partial charge in [-0.05, 0) is 49.1 Å². The minimum Gasteiger partial charge on any atom is -0.325 e. The van der Waals surface area contributed by atoms with Crippen LogP contribution >= 0.6 is 0 Å². The van der Waals surface area contributed by atoms with Gasteiger partial charge in [-0.2, -0.15) is 0 Å². The summed E-state index contributed by atoms with van der Waals surface area (Å²) in [5.74, 6) is 1.54. The maximum atomic E-state index is 12.8. The summed E-state index contributed by atoms with van der Waals surface area (Å²) in [6.07, 6.45) is 7.16. The van der Waals surface area contributed by atoms with E-state index in [1.165, 1.54) is 37.7 Å². The van der Waals surface area contributed by atoms with Crippen molar-refractivity contribution >= 4 is 22.6 Å². The van der Waals surface area contributed by atoms with Gasteiger partial charge in [-0.1, -0.05) is 50.5 Å². The predicted molar refractivity (Wildman–Crippen MR) is 110 cm³/mol. The topological polar surface area (TPSA) is 46.9 Å². The number of hydrogen-bond acceptors (Lipinski definition) is 2. The van der Waals surface area contributed by atoms with Crippen molar-refractivity contribution in [3.05, 3.63) is 59.9 Å². The van der Waals surface area contributed by atoms with Crippen molar-refractivity contribution in [3.8, 4) is 0 Å². The third kappa shape index (κ3) is 3.90. The number of amides is 1. The number of nitrogens with zero attached hydrogens (tertiary/aromatic N) is 2. The van der Waals surface area contributed by atoms with Gasteiger partial charge in [-0.15, -0.1) is 0 Å². The lowest BCUT2D eigenvalue weighted by Gasteiger charge is -2.22. The van der Waals surface area contributed by atoms with Gasteiger partial charge in [0.15, 0.2) is 0 Å². The van der Waals surface area contributed by atoms with Gasteiger partial charge in [0.2, 0.25) is 5.91 Å². The highest BCUT2D eigenvalue weighted by atomic mass is 16.1. The highest BCUT2D eigenvalue weighted by Crippen LogP contribution is 2.33. The Morgan fingerprint density at radius 3 is 2.56 bits per heavy atom. The summed E-state index contributed by atoms with van der Waals surface area (Å²) in [5, 5.41) is 3.04. The number of hydrogen-bond donors (Lipinski definition) is 1. The molecule has 4 heteroatoms. The second kappa shape index (κ2) is 7.95. The summed E-state index contributed by atoms with van der Waals surface area (Å²) in [7, 11) is 0. The van der Waals surface area contributed by atoms with E-state index in [9.17, 15) is 4.79 Å². The zero-order chi connectivity index (χ0) is 18.6. The van der Waals surface area contributed by atoms with Gasteiger partial charge in [0.1, 0.15) is 12.4 Å². The maximum absolute atomic E-state index is 12.8. The molecule has 0 aliphatic heterocycles. The first-order valence-electron chi connectivity index (χ1n) is 10.1. The van der Waals surface area contributed by atoms with E-state index in [2.05, 4.69) is 35.0 Å². The molecule has 1 aromatic heterocycles. The van der Waals surface area contributed by atoms with Crippen molar-refractivity contribution in [2.75, 3.05) is 5.32 Å². The largest absolute Gasteiger partial charge is 0.325 e. The van der Waals surface area contributed by atoms with Crippen molar-refractivity contribution in [1.29, 1.82) is 0 Å². The van der Waals surface area contributed by atoms with Crippen molar-refractivity contribution in [3.63, 3.8) is 0 Å². The number of carbonyl (C=O) groups excluding carboxylic acids is 1. The Kier molecular flexibility index (Phi) is 5.23. The molecule has 0 spiro atoms. The molecule has 0 bridgehead atoms. The average Bonchev–Trinajstić information content (AvgIpc) is 3.08. The number of carbonyl (C=O) groups is 1. The van der Waals surface area contributed by atoms with Gasteiger partial charge in [0.05, 0.1) is 11.0 Å². The van der Waals surface area contributed by atoms with Gasteiger partial charge < -0.3 is 9.88 Å². The standard InChI is InChI=1S/C23H27N3O/c1-2-17-12-14-19(15-13-17)24-22(27)16-26-21-11-7-6-10-20(21)25-23(26)18-8-4-3-5-9-18/h6-7,10-15,18H,2-5,8-9,16H2,1H3,(H,24,27). The fourth-order valence-electron chi connectivity index (χ4n) is 4.10. The molecule has 1 saturated carbocycles. The van der Waals surface area contributed by atoms with E-state index in [-0.39, 0.29) is 5.91 Å². The monoisotopic (exact) mass is 361 g/mol. The molecule has 1 fully saturated rings. The number of benzene rings is 2. The first-order valence-corrected chi connectivity index (χ1v) is 10.1. The molecule has 4 nitrogen and oxygen atoms in total. The lowest BCUT2D eigenvalue weighted by Crippen LogP contribution is -2.21. The number of fused-ring (bicyclic) bond motifs is 1. The third-order valence-electron chi connectivity index (χ3n) is 5.60. The van der Waals surface area contributed by atoms with Crippen LogP contribution in [0.15, 0.2) is 48.5 Å². The van der Waals surface area contributed by atoms with E-state index in [0.29, 0.717) is 12.5 Å². The number of aromatic nitrogens is 2. The molecule has 1 heterocycles. The number of para-hydroxylation sites is 2. The molecule has 140 valence electrons. The van der Waals surface area contributed by atoms with Gasteiger partial charge in [-0.25, -0.2) is 4.98 Å². The molecular weight excluding hydrogens is 334 g/mol. The molecule has 1 amide bonds. The molecule has 1 aliphatic carbocycles. The van der Waals surface area contributed by atoms with Crippen molar-refractivity contribution in [2.24, 2.45) is 0 Å². The number of imidazole rings is 1. The number of rotatable bonds is 5. The Balaban J connectivity index is 1.58. The van der Waals surface area contributed by atoms with Crippen LogP contribution in [0, 0.1) is 0 Å². The minimum atomic E-state index is -0.000499. The molecule has 3 aromatic rings. The van der Waals surface area contributed by atoms with E-state index in [4.69, 9.17) is 4.98 Å². The van der Waals surface area contributed by atoms with Gasteiger partial charge in [0, 0.05) is 11.6 Å². The molecule has 4 rings (SSSR count). The zero-order valence-corrected chi connectivity index (χ0v) is 15.9. The first kappa shape index (κ1) is 17.8. The fourth-order valence-corrected chi connectivity index (χ4v) is 4.10. The number of nitrogens with one attached hydrogen (secondary N) is 1. The Morgan fingerprint density at radius 2 is 1.81 bits per heavy atom. The maximum Gasteiger partial charge on any atom is 0.244 e. The predicted octanol–water partition coefficient (Wildman–Crippen LogP) is 5.29. The van der Waals surface area contributed by atoms with Gasteiger partial charge >= 0.3 is 0 Å². The summed E-state index contributed by atoms with van der Waals surface area (Å²) in [4.78, 5) is 17.7. The van der Waals surface area contributed by atoms with Crippen LogP contribution in [0.5, 0.6) is 0 Å². The molecular formula is C23H27N3O. The van der Waals surface area contributed by atoms with Crippen LogP contribution in [0.1, 0.15) is 56.3 Å². The van der Waals surface area contributed by atoms with E-state index in [1.807, 2.05) is 30.3 Å². The molecule has 0 radical (unpaired) electrons. The van der Waals surface area contributed by atoms with Crippen molar-refractivity contribution in [2.45, 2.75) is 57.9 Å². The Bertz CT molecular complexity index is 920. The lowest BCUT2D eigenvalue weighted by atomic mass is 9.88. The van der Waals surface area contributed by atoms with Crippen LogP contribution in [0.25, 0.3) is 11.0 Å². The number of aryl methyl sites for hydroxylation is 1. The Hall–Kier alpha value is -2.62. The fraction of sp³-hybridized carbons (Fsp3) is 0.391. The molecule has 0 atom stereocenters. The second-order valence-corrected chi connectivity index (χ2v) is 7.48. The Morgan fingerprint density at radius 1 is 1.07 bits per heavy atom.